The molecular formula is C26H28F2N2O6S2. The number of nitrogens with zero attached hydrogens (tertiary/aromatic N) is 2. The van der Waals surface area contributed by atoms with E-state index in [9.17, 15) is 34.7 Å². The monoisotopic (exact) mass is 566 g/mol. The van der Waals surface area contributed by atoms with Crippen molar-refractivity contribution in [1.29, 1.82) is 0 Å². The molecule has 4 rings (SSSR count). The van der Waals surface area contributed by atoms with Crippen molar-refractivity contribution in [3.8, 4) is 0 Å². The number of hydrogen-bond acceptors (Lipinski definition) is 6. The summed E-state index contributed by atoms with van der Waals surface area (Å²) in [5, 5.41) is 0. The van der Waals surface area contributed by atoms with Crippen molar-refractivity contribution >= 4 is 20.2 Å². The standard InChI is InChI=1S/2C7H8O3S.2C6H7FN/c1-6-2-4-7(5-3-6)11(8,9)10;8-11(9,10)6-7-4-2-1-3-5-7;2*1-8-5-3-2-4-6(8)7/h2-5H,1H3,(H,8,9,10);1-5H,6H2,(H,8,9,10);2*2-5H,1H3/q;;2*+1/p-2. The van der Waals surface area contributed by atoms with Gasteiger partial charge in [-0.3, -0.25) is 0 Å². The molecule has 0 atom stereocenters. The first kappa shape index (κ1) is 32.4. The minimum atomic E-state index is -4.27. The number of hydrogen-bond donors (Lipinski definition) is 0. The summed E-state index contributed by atoms with van der Waals surface area (Å²) < 4.78 is 89.3. The first-order valence-corrected chi connectivity index (χ1v) is 13.9. The molecule has 2 aromatic heterocycles. The Hall–Kier alpha value is -3.58. The minimum absolute atomic E-state index is 0.178. The van der Waals surface area contributed by atoms with Gasteiger partial charge in [0.2, 0.25) is 0 Å². The molecule has 4 aromatic rings. The van der Waals surface area contributed by atoms with Crippen molar-refractivity contribution in [2.75, 3.05) is 0 Å². The Bertz CT molecular complexity index is 1400. The third-order valence-electron chi connectivity index (χ3n) is 4.48. The number of aryl methyl sites for hydroxylation is 3. The van der Waals surface area contributed by atoms with E-state index < -0.39 is 26.0 Å². The molecule has 0 amide bonds. The van der Waals surface area contributed by atoms with Crippen LogP contribution in [0.2, 0.25) is 0 Å². The number of pyridine rings is 2. The molecule has 8 nitrogen and oxygen atoms in total. The first-order chi connectivity index (χ1) is 17.7. The van der Waals surface area contributed by atoms with Crippen molar-refractivity contribution in [3.05, 3.63) is 126 Å². The second kappa shape index (κ2) is 15.6. The molecule has 12 heteroatoms. The van der Waals surface area contributed by atoms with Gasteiger partial charge in [0.05, 0.1) is 20.8 Å². The summed E-state index contributed by atoms with van der Waals surface area (Å²) in [5.74, 6) is -0.853. The molecule has 0 N–H and O–H groups in total. The molecule has 2 heterocycles. The lowest BCUT2D eigenvalue weighted by atomic mass is 10.2. The Labute approximate surface area is 222 Å². The maximum atomic E-state index is 12.3. The molecule has 0 bridgehead atoms. The number of halogens is 2. The van der Waals surface area contributed by atoms with Crippen LogP contribution in [0.15, 0.2) is 108 Å². The quantitative estimate of drug-likeness (QED) is 0.214. The highest BCUT2D eigenvalue weighted by Gasteiger charge is 1.99. The van der Waals surface area contributed by atoms with Crippen LogP contribution in [-0.4, -0.2) is 25.9 Å². The van der Waals surface area contributed by atoms with Crippen LogP contribution in [0.3, 0.4) is 0 Å². The molecule has 38 heavy (non-hydrogen) atoms. The van der Waals surface area contributed by atoms with Gasteiger partial charge in [0.15, 0.2) is 12.4 Å². The highest BCUT2D eigenvalue weighted by atomic mass is 32.2. The first-order valence-electron chi connectivity index (χ1n) is 10.9. The fraction of sp³-hybridized carbons (Fsp3) is 0.154. The zero-order valence-corrected chi connectivity index (χ0v) is 22.6. The van der Waals surface area contributed by atoms with Crippen LogP contribution >= 0.6 is 0 Å². The van der Waals surface area contributed by atoms with Crippen molar-refractivity contribution < 1.29 is 43.9 Å². The Kier molecular flexibility index (Phi) is 13.3. The molecule has 0 aliphatic rings. The molecule has 0 fully saturated rings. The summed E-state index contributed by atoms with van der Waals surface area (Å²) >= 11 is 0. The van der Waals surface area contributed by atoms with E-state index >= 15 is 0 Å². The average molecular weight is 567 g/mol. The third kappa shape index (κ3) is 14.2. The second-order valence-electron chi connectivity index (χ2n) is 7.72. The van der Waals surface area contributed by atoms with E-state index in [0.717, 1.165) is 5.56 Å². The fourth-order valence-electron chi connectivity index (χ4n) is 2.49. The normalized spacial score (nSPS) is 10.5. The molecular weight excluding hydrogens is 538 g/mol. The lowest BCUT2D eigenvalue weighted by Gasteiger charge is -2.05. The predicted molar refractivity (Wildman–Crippen MR) is 134 cm³/mol. The van der Waals surface area contributed by atoms with Crippen LogP contribution in [0.5, 0.6) is 0 Å². The van der Waals surface area contributed by atoms with Gasteiger partial charge in [-0.25, -0.2) is 16.8 Å². The summed E-state index contributed by atoms with van der Waals surface area (Å²) in [6, 6.07) is 23.9. The maximum absolute atomic E-state index is 12.3. The fourth-order valence-corrected chi connectivity index (χ4v) is 3.56. The summed E-state index contributed by atoms with van der Waals surface area (Å²) in [4.78, 5) is -0.178. The van der Waals surface area contributed by atoms with E-state index in [0.29, 0.717) is 5.56 Å². The van der Waals surface area contributed by atoms with Crippen LogP contribution in [0.1, 0.15) is 11.1 Å². The molecule has 0 saturated heterocycles. The van der Waals surface area contributed by atoms with Crippen LogP contribution < -0.4 is 9.13 Å². The van der Waals surface area contributed by atoms with Gasteiger partial charge >= 0.3 is 11.9 Å². The Balaban J connectivity index is 0.000000256. The van der Waals surface area contributed by atoms with Gasteiger partial charge in [-0.1, -0.05) is 48.0 Å². The molecule has 0 radical (unpaired) electrons. The van der Waals surface area contributed by atoms with Crippen molar-refractivity contribution in [2.24, 2.45) is 14.1 Å². The van der Waals surface area contributed by atoms with Gasteiger partial charge in [0.1, 0.15) is 24.2 Å². The largest absolute Gasteiger partial charge is 0.748 e. The summed E-state index contributed by atoms with van der Waals surface area (Å²) in [6.45, 7) is 1.82. The molecule has 0 aliphatic heterocycles. The van der Waals surface area contributed by atoms with Crippen molar-refractivity contribution in [2.45, 2.75) is 17.6 Å². The number of rotatable bonds is 3. The van der Waals surface area contributed by atoms with Gasteiger partial charge in [-0.15, -0.1) is 8.78 Å². The minimum Gasteiger partial charge on any atom is -0.748 e. The SMILES string of the molecule is C[n+]1ccccc1F.C[n+]1ccccc1F.Cc1ccc(S(=O)(=O)[O-])cc1.O=S(=O)([O-])Cc1ccccc1. The zero-order chi connectivity index (χ0) is 28.8. The topological polar surface area (TPSA) is 122 Å². The summed E-state index contributed by atoms with van der Waals surface area (Å²) in [7, 11) is -5.07. The van der Waals surface area contributed by atoms with Gasteiger partial charge in [0.25, 0.3) is 0 Å². The van der Waals surface area contributed by atoms with Crippen molar-refractivity contribution in [3.63, 3.8) is 0 Å². The molecule has 2 aromatic carbocycles. The summed E-state index contributed by atoms with van der Waals surface area (Å²) in [5.41, 5.74) is 1.46. The molecule has 0 unspecified atom stereocenters. The van der Waals surface area contributed by atoms with Gasteiger partial charge in [-0.05, 0) is 36.8 Å². The van der Waals surface area contributed by atoms with E-state index in [-0.39, 0.29) is 16.8 Å². The second-order valence-corrected chi connectivity index (χ2v) is 10.5. The molecule has 0 aliphatic carbocycles. The predicted octanol–water partition coefficient (Wildman–Crippen LogP) is 2.93. The molecule has 0 spiro atoms. The smallest absolute Gasteiger partial charge is 0.359 e. The Morgan fingerprint density at radius 3 is 1.39 bits per heavy atom. The highest BCUT2D eigenvalue weighted by molar-refractivity contribution is 7.85. The number of benzene rings is 2. The lowest BCUT2D eigenvalue weighted by molar-refractivity contribution is -0.700. The highest BCUT2D eigenvalue weighted by Crippen LogP contribution is 2.08. The summed E-state index contributed by atoms with van der Waals surface area (Å²) in [6.07, 6.45) is 3.32. The van der Waals surface area contributed by atoms with Crippen LogP contribution in [0.4, 0.5) is 8.78 Å². The number of aromatic nitrogens is 2. The van der Waals surface area contributed by atoms with Gasteiger partial charge in [0, 0.05) is 24.3 Å². The van der Waals surface area contributed by atoms with Gasteiger partial charge in [-0.2, -0.15) is 9.13 Å². The third-order valence-corrected chi connectivity index (χ3v) is 6.02. The molecule has 204 valence electrons. The maximum Gasteiger partial charge on any atom is 0.359 e. The van der Waals surface area contributed by atoms with Crippen LogP contribution in [0.25, 0.3) is 0 Å². The van der Waals surface area contributed by atoms with Crippen LogP contribution in [0, 0.1) is 18.8 Å². The van der Waals surface area contributed by atoms with E-state index in [1.165, 1.54) is 33.4 Å². The van der Waals surface area contributed by atoms with Crippen LogP contribution in [-0.2, 0) is 40.1 Å². The van der Waals surface area contributed by atoms with E-state index in [4.69, 9.17) is 0 Å². The van der Waals surface area contributed by atoms with Gasteiger partial charge < -0.3 is 9.11 Å². The van der Waals surface area contributed by atoms with Crippen molar-refractivity contribution in [1.82, 2.24) is 0 Å². The van der Waals surface area contributed by atoms with E-state index in [2.05, 4.69) is 0 Å². The lowest BCUT2D eigenvalue weighted by Crippen LogP contribution is -2.31. The zero-order valence-electron chi connectivity index (χ0n) is 20.9. The Morgan fingerprint density at radius 2 is 1.08 bits per heavy atom. The molecule has 0 saturated carbocycles. The van der Waals surface area contributed by atoms with E-state index in [1.54, 1.807) is 93.2 Å². The average Bonchev–Trinajstić information content (AvgIpc) is 2.83. The van der Waals surface area contributed by atoms with E-state index in [1.807, 2.05) is 6.92 Å². The Morgan fingerprint density at radius 1 is 0.658 bits per heavy atom.